The van der Waals surface area contributed by atoms with Gasteiger partial charge in [0.15, 0.2) is 0 Å². The molecule has 3 N–H and O–H groups in total. The van der Waals surface area contributed by atoms with Crippen LogP contribution in [-0.4, -0.2) is 26.6 Å². The minimum atomic E-state index is -0.380. The first-order chi connectivity index (χ1) is 13.2. The molecule has 4 aromatic rings. The van der Waals surface area contributed by atoms with E-state index in [0.717, 1.165) is 22.2 Å². The molecule has 0 unspecified atom stereocenters. The second-order valence-electron chi connectivity index (χ2n) is 6.04. The monoisotopic (exact) mass is 359 g/mol. The number of amides is 2. The third-order valence-corrected chi connectivity index (χ3v) is 4.24. The number of rotatable bonds is 4. The molecule has 0 aliphatic rings. The van der Waals surface area contributed by atoms with Crippen LogP contribution in [0.5, 0.6) is 0 Å². The number of aromatic nitrogens is 3. The third-order valence-electron chi connectivity index (χ3n) is 4.24. The smallest absolute Gasteiger partial charge is 0.269 e. The van der Waals surface area contributed by atoms with Gasteiger partial charge in [0, 0.05) is 35.1 Å². The van der Waals surface area contributed by atoms with Crippen LogP contribution in [0.2, 0.25) is 0 Å². The number of hydrogen-bond donors (Lipinski definition) is 3. The lowest BCUT2D eigenvalue weighted by Gasteiger charge is -2.08. The normalized spacial score (nSPS) is 10.7. The van der Waals surface area contributed by atoms with E-state index in [1.165, 1.54) is 0 Å². The molecule has 4 rings (SSSR count). The number of hydrazine groups is 1. The zero-order chi connectivity index (χ0) is 18.6. The van der Waals surface area contributed by atoms with Crippen LogP contribution in [0.4, 0.5) is 0 Å². The van der Waals surface area contributed by atoms with Gasteiger partial charge in [0.05, 0.1) is 12.1 Å². The van der Waals surface area contributed by atoms with E-state index in [4.69, 9.17) is 0 Å². The van der Waals surface area contributed by atoms with Crippen LogP contribution < -0.4 is 10.9 Å². The summed E-state index contributed by atoms with van der Waals surface area (Å²) in [5, 5.41) is 5.13. The molecular weight excluding hydrogens is 342 g/mol. The number of H-pyrrole nitrogens is 1. The molecular formula is C20H17N5O2. The van der Waals surface area contributed by atoms with Crippen LogP contribution in [-0.2, 0) is 11.2 Å². The number of carbonyl (C=O) groups excluding carboxylic acids is 2. The fraction of sp³-hybridized carbons (Fsp3) is 0.0500. The minimum absolute atomic E-state index is 0.169. The van der Waals surface area contributed by atoms with Crippen molar-refractivity contribution in [1.82, 2.24) is 25.6 Å². The summed E-state index contributed by atoms with van der Waals surface area (Å²) in [4.78, 5) is 27.5. The lowest BCUT2D eigenvalue weighted by molar-refractivity contribution is -0.121. The fourth-order valence-corrected chi connectivity index (χ4v) is 2.88. The standard InChI is InChI=1S/C20H17N5O2/c26-19(12-15-13-21-18-5-2-1-4-17(15)18)23-24-20(27)14-6-8-16(9-7-14)25-11-3-10-22-25/h1-11,13,21H,12H2,(H,23,26)(H,24,27). The van der Waals surface area contributed by atoms with Crippen molar-refractivity contribution in [2.45, 2.75) is 6.42 Å². The van der Waals surface area contributed by atoms with Gasteiger partial charge < -0.3 is 4.98 Å². The number of nitrogens with one attached hydrogen (secondary N) is 3. The number of nitrogens with zero attached hydrogens (tertiary/aromatic N) is 2. The van der Waals surface area contributed by atoms with Crippen LogP contribution in [0.25, 0.3) is 16.6 Å². The van der Waals surface area contributed by atoms with E-state index in [-0.39, 0.29) is 18.2 Å². The summed E-state index contributed by atoms with van der Waals surface area (Å²) in [6, 6.07) is 16.5. The van der Waals surface area contributed by atoms with Gasteiger partial charge in [-0.25, -0.2) is 4.68 Å². The zero-order valence-corrected chi connectivity index (χ0v) is 14.3. The molecule has 134 valence electrons. The maximum Gasteiger partial charge on any atom is 0.269 e. The molecule has 0 saturated heterocycles. The van der Waals surface area contributed by atoms with E-state index in [1.54, 1.807) is 41.3 Å². The number of aromatic amines is 1. The van der Waals surface area contributed by atoms with Crippen molar-refractivity contribution in [3.63, 3.8) is 0 Å². The highest BCUT2D eigenvalue weighted by atomic mass is 16.2. The van der Waals surface area contributed by atoms with Crippen LogP contribution in [0.3, 0.4) is 0 Å². The quantitative estimate of drug-likeness (QED) is 0.489. The van der Waals surface area contributed by atoms with Crippen molar-refractivity contribution in [3.05, 3.63) is 84.3 Å². The second-order valence-corrected chi connectivity index (χ2v) is 6.04. The van der Waals surface area contributed by atoms with Crippen LogP contribution in [0.1, 0.15) is 15.9 Å². The number of benzene rings is 2. The molecule has 7 nitrogen and oxygen atoms in total. The first-order valence-corrected chi connectivity index (χ1v) is 8.45. The maximum absolute atomic E-state index is 12.2. The molecule has 7 heteroatoms. The van der Waals surface area contributed by atoms with Gasteiger partial charge in [-0.3, -0.25) is 20.4 Å². The predicted molar refractivity (Wildman–Crippen MR) is 101 cm³/mol. The highest BCUT2D eigenvalue weighted by Crippen LogP contribution is 2.17. The number of para-hydroxylation sites is 1. The van der Waals surface area contributed by atoms with Gasteiger partial charge in [-0.1, -0.05) is 18.2 Å². The summed E-state index contributed by atoms with van der Waals surface area (Å²) < 4.78 is 1.70. The number of carbonyl (C=O) groups is 2. The Labute approximate surface area is 155 Å². The fourth-order valence-electron chi connectivity index (χ4n) is 2.88. The molecule has 0 spiro atoms. The van der Waals surface area contributed by atoms with Crippen molar-refractivity contribution in [2.75, 3.05) is 0 Å². The number of hydrogen-bond acceptors (Lipinski definition) is 3. The van der Waals surface area contributed by atoms with E-state index >= 15 is 0 Å². The average molecular weight is 359 g/mol. The predicted octanol–water partition coefficient (Wildman–Crippen LogP) is 2.36. The van der Waals surface area contributed by atoms with E-state index in [9.17, 15) is 9.59 Å². The molecule has 2 heterocycles. The third kappa shape index (κ3) is 3.57. The highest BCUT2D eigenvalue weighted by Gasteiger charge is 2.11. The summed E-state index contributed by atoms with van der Waals surface area (Å²) in [6.07, 6.45) is 5.48. The molecule has 27 heavy (non-hydrogen) atoms. The van der Waals surface area contributed by atoms with E-state index in [1.807, 2.05) is 36.5 Å². The summed E-state index contributed by atoms with van der Waals surface area (Å²) in [7, 11) is 0. The Morgan fingerprint density at radius 3 is 2.59 bits per heavy atom. The van der Waals surface area contributed by atoms with Gasteiger partial charge in [0.2, 0.25) is 5.91 Å². The molecule has 2 aromatic heterocycles. The Balaban J connectivity index is 1.35. The zero-order valence-electron chi connectivity index (χ0n) is 14.3. The van der Waals surface area contributed by atoms with Gasteiger partial charge in [0.1, 0.15) is 0 Å². The Morgan fingerprint density at radius 1 is 1.00 bits per heavy atom. The molecule has 0 aliphatic heterocycles. The maximum atomic E-state index is 12.2. The van der Waals surface area contributed by atoms with Gasteiger partial charge in [-0.05, 0) is 42.0 Å². The van der Waals surface area contributed by atoms with Crippen molar-refractivity contribution in [1.29, 1.82) is 0 Å². The van der Waals surface area contributed by atoms with Crippen LogP contribution in [0, 0.1) is 0 Å². The van der Waals surface area contributed by atoms with E-state index in [0.29, 0.717) is 5.56 Å². The Kier molecular flexibility index (Phi) is 4.40. The van der Waals surface area contributed by atoms with Crippen LogP contribution in [0.15, 0.2) is 73.2 Å². The first-order valence-electron chi connectivity index (χ1n) is 8.45. The van der Waals surface area contributed by atoms with Crippen molar-refractivity contribution >= 4 is 22.7 Å². The topological polar surface area (TPSA) is 91.8 Å². The van der Waals surface area contributed by atoms with Gasteiger partial charge in [-0.2, -0.15) is 5.10 Å². The van der Waals surface area contributed by atoms with Gasteiger partial charge in [-0.15, -0.1) is 0 Å². The van der Waals surface area contributed by atoms with Crippen LogP contribution >= 0.6 is 0 Å². The number of fused-ring (bicyclic) bond motifs is 1. The Hall–Kier alpha value is -3.87. The molecule has 0 fully saturated rings. The van der Waals surface area contributed by atoms with E-state index in [2.05, 4.69) is 20.9 Å². The average Bonchev–Trinajstić information content (AvgIpc) is 3.37. The van der Waals surface area contributed by atoms with E-state index < -0.39 is 0 Å². The summed E-state index contributed by atoms with van der Waals surface area (Å²) in [5.74, 6) is -0.671. The summed E-state index contributed by atoms with van der Waals surface area (Å²) in [6.45, 7) is 0. The lowest BCUT2D eigenvalue weighted by atomic mass is 10.1. The molecule has 0 saturated carbocycles. The summed E-state index contributed by atoms with van der Waals surface area (Å²) in [5.41, 5.74) is 8.04. The Morgan fingerprint density at radius 2 is 1.81 bits per heavy atom. The summed E-state index contributed by atoms with van der Waals surface area (Å²) >= 11 is 0. The van der Waals surface area contributed by atoms with Crippen molar-refractivity contribution < 1.29 is 9.59 Å². The minimum Gasteiger partial charge on any atom is -0.361 e. The largest absolute Gasteiger partial charge is 0.361 e. The molecule has 0 aliphatic carbocycles. The molecule has 0 atom stereocenters. The second kappa shape index (κ2) is 7.17. The molecule has 2 aromatic carbocycles. The Bertz CT molecular complexity index is 1080. The first kappa shape index (κ1) is 16.6. The SMILES string of the molecule is O=C(Cc1c[nH]c2ccccc12)NNC(=O)c1ccc(-n2cccn2)cc1. The highest BCUT2D eigenvalue weighted by molar-refractivity contribution is 5.96. The lowest BCUT2D eigenvalue weighted by Crippen LogP contribution is -2.42. The van der Waals surface area contributed by atoms with Gasteiger partial charge in [0.25, 0.3) is 5.91 Å². The van der Waals surface area contributed by atoms with Crippen molar-refractivity contribution in [3.8, 4) is 5.69 Å². The van der Waals surface area contributed by atoms with Crippen molar-refractivity contribution in [2.24, 2.45) is 0 Å². The van der Waals surface area contributed by atoms with Gasteiger partial charge >= 0.3 is 0 Å². The molecule has 0 bridgehead atoms. The molecule has 2 amide bonds. The molecule has 0 radical (unpaired) electrons.